The molecule has 0 radical (unpaired) electrons. The summed E-state index contributed by atoms with van der Waals surface area (Å²) in [4.78, 5) is 2.56. The van der Waals surface area contributed by atoms with Crippen molar-refractivity contribution in [2.75, 3.05) is 4.90 Å². The lowest BCUT2D eigenvalue weighted by molar-refractivity contribution is -0.00518. The molecule has 5 aliphatic rings. The quantitative estimate of drug-likeness (QED) is 0.140. The van der Waals surface area contributed by atoms with E-state index >= 15 is 0 Å². The van der Waals surface area contributed by atoms with Crippen molar-refractivity contribution in [1.29, 1.82) is 0 Å². The molecule has 0 unspecified atom stereocenters. The normalized spacial score (nSPS) is 20.7. The molecule has 9 aromatic rings. The third-order valence-electron chi connectivity index (χ3n) is 16.1. The first-order chi connectivity index (χ1) is 32.7. The maximum Gasteiger partial charge on any atom is 0.0714 e. The predicted octanol–water partition coefficient (Wildman–Crippen LogP) is 17.0. The molecule has 0 saturated heterocycles. The summed E-state index contributed by atoms with van der Waals surface area (Å²) in [5, 5.41) is 0. The van der Waals surface area contributed by atoms with Gasteiger partial charge >= 0.3 is 0 Å². The minimum absolute atomic E-state index is 0.325. The van der Waals surface area contributed by atoms with Gasteiger partial charge in [0.15, 0.2) is 0 Å². The number of nitrogens with zero attached hydrogens (tertiary/aromatic N) is 1. The first-order valence-electron chi connectivity index (χ1n) is 24.3. The zero-order chi connectivity index (χ0) is 43.7. The molecule has 0 aliphatic heterocycles. The number of rotatable bonds is 9. The van der Waals surface area contributed by atoms with Crippen LogP contribution in [0, 0.1) is 17.8 Å². The summed E-state index contributed by atoms with van der Waals surface area (Å²) in [5.41, 5.74) is 19.9. The number of fused-ring (bicyclic) bond motifs is 3. The van der Waals surface area contributed by atoms with Crippen molar-refractivity contribution in [3.8, 4) is 44.5 Å². The average Bonchev–Trinajstić information content (AvgIpc) is 3.68. The van der Waals surface area contributed by atoms with Crippen LogP contribution in [0.2, 0.25) is 0 Å². The minimum Gasteiger partial charge on any atom is -0.310 e. The minimum atomic E-state index is -0.568. The van der Waals surface area contributed by atoms with Crippen LogP contribution in [-0.4, -0.2) is 0 Å². The third kappa shape index (κ3) is 6.20. The predicted molar refractivity (Wildman–Crippen MR) is 275 cm³/mol. The van der Waals surface area contributed by atoms with Gasteiger partial charge in [-0.25, -0.2) is 0 Å². The molecule has 4 fully saturated rings. The van der Waals surface area contributed by atoms with E-state index < -0.39 is 5.41 Å². The van der Waals surface area contributed by atoms with Gasteiger partial charge in [0.25, 0.3) is 0 Å². The molecular formula is C65H53N. The highest BCUT2D eigenvalue weighted by Gasteiger charge is 2.52. The second kappa shape index (κ2) is 15.7. The molecule has 0 amide bonds. The fraction of sp³-hybridized carbons (Fsp3) is 0.169. The lowest BCUT2D eigenvalue weighted by atomic mass is 9.48. The van der Waals surface area contributed by atoms with Gasteiger partial charge in [-0.2, -0.15) is 0 Å². The highest BCUT2D eigenvalue weighted by molar-refractivity contribution is 5.98. The Morgan fingerprint density at radius 2 is 0.818 bits per heavy atom. The van der Waals surface area contributed by atoms with E-state index in [2.05, 4.69) is 235 Å². The van der Waals surface area contributed by atoms with Gasteiger partial charge in [0.2, 0.25) is 0 Å². The van der Waals surface area contributed by atoms with E-state index in [1.165, 1.54) is 111 Å². The van der Waals surface area contributed by atoms with E-state index in [0.717, 1.165) is 29.1 Å². The maximum atomic E-state index is 2.56. The average molecular weight is 848 g/mol. The number of hydrogen-bond donors (Lipinski definition) is 0. The topological polar surface area (TPSA) is 3.24 Å². The molecule has 5 aliphatic carbocycles. The summed E-state index contributed by atoms with van der Waals surface area (Å²) in [6.07, 6.45) is 8.44. The van der Waals surface area contributed by atoms with Crippen molar-refractivity contribution < 1.29 is 0 Å². The van der Waals surface area contributed by atoms with Crippen molar-refractivity contribution in [3.63, 3.8) is 0 Å². The molecule has 4 bridgehead atoms. The van der Waals surface area contributed by atoms with Crippen molar-refractivity contribution >= 4 is 17.1 Å². The Morgan fingerprint density at radius 1 is 0.333 bits per heavy atom. The summed E-state index contributed by atoms with van der Waals surface area (Å²) in [6, 6.07) is 86.6. The van der Waals surface area contributed by atoms with Gasteiger partial charge in [-0.15, -0.1) is 0 Å². The van der Waals surface area contributed by atoms with E-state index in [-0.39, 0.29) is 0 Å². The number of hydrogen-bond acceptors (Lipinski definition) is 1. The van der Waals surface area contributed by atoms with Gasteiger partial charge in [0.1, 0.15) is 0 Å². The van der Waals surface area contributed by atoms with Gasteiger partial charge in [0.05, 0.1) is 11.1 Å². The Balaban J connectivity index is 1.06. The highest BCUT2D eigenvalue weighted by Crippen LogP contribution is 2.62. The van der Waals surface area contributed by atoms with Crippen LogP contribution in [-0.2, 0) is 10.8 Å². The van der Waals surface area contributed by atoms with E-state index in [0.29, 0.717) is 5.41 Å². The van der Waals surface area contributed by atoms with E-state index in [1.807, 2.05) is 0 Å². The Morgan fingerprint density at radius 3 is 1.42 bits per heavy atom. The number of benzene rings is 9. The Bertz CT molecular complexity index is 3130. The summed E-state index contributed by atoms with van der Waals surface area (Å²) in [7, 11) is 0. The van der Waals surface area contributed by atoms with Crippen LogP contribution < -0.4 is 4.90 Å². The molecule has 0 heterocycles. The molecule has 4 saturated carbocycles. The molecule has 1 heteroatoms. The number of para-hydroxylation sites is 1. The fourth-order valence-electron chi connectivity index (χ4n) is 13.9. The van der Waals surface area contributed by atoms with Gasteiger partial charge in [-0.1, -0.05) is 200 Å². The van der Waals surface area contributed by atoms with Gasteiger partial charge in [-0.3, -0.25) is 0 Å². The number of anilines is 3. The van der Waals surface area contributed by atoms with Crippen molar-refractivity contribution in [3.05, 3.63) is 258 Å². The lowest BCUT2D eigenvalue weighted by Gasteiger charge is -2.57. The summed E-state index contributed by atoms with van der Waals surface area (Å²) in [6.45, 7) is 0. The summed E-state index contributed by atoms with van der Waals surface area (Å²) in [5.74, 6) is 2.70. The zero-order valence-corrected chi connectivity index (χ0v) is 37.4. The molecule has 14 rings (SSSR count). The lowest BCUT2D eigenvalue weighted by Crippen LogP contribution is -2.48. The molecule has 1 nitrogen and oxygen atoms in total. The fourth-order valence-corrected chi connectivity index (χ4v) is 13.9. The molecule has 0 N–H and O–H groups in total. The van der Waals surface area contributed by atoms with Crippen molar-refractivity contribution in [2.45, 2.75) is 49.4 Å². The van der Waals surface area contributed by atoms with Crippen LogP contribution in [0.5, 0.6) is 0 Å². The summed E-state index contributed by atoms with van der Waals surface area (Å²) >= 11 is 0. The molecule has 0 spiro atoms. The molecular weight excluding hydrogens is 795 g/mol. The second-order valence-electron chi connectivity index (χ2n) is 19.8. The van der Waals surface area contributed by atoms with E-state index in [4.69, 9.17) is 0 Å². The summed E-state index contributed by atoms with van der Waals surface area (Å²) < 4.78 is 0. The highest BCUT2D eigenvalue weighted by atomic mass is 15.1. The molecule has 0 atom stereocenters. The second-order valence-corrected chi connectivity index (χ2v) is 19.8. The molecule has 0 aromatic heterocycles. The Labute approximate surface area is 390 Å². The van der Waals surface area contributed by atoms with Gasteiger partial charge in [0, 0.05) is 16.9 Å². The largest absolute Gasteiger partial charge is 0.310 e. The van der Waals surface area contributed by atoms with E-state index in [9.17, 15) is 0 Å². The van der Waals surface area contributed by atoms with Crippen LogP contribution in [0.15, 0.2) is 231 Å². The zero-order valence-electron chi connectivity index (χ0n) is 37.4. The van der Waals surface area contributed by atoms with Crippen molar-refractivity contribution in [2.24, 2.45) is 17.8 Å². The first-order valence-corrected chi connectivity index (χ1v) is 24.3. The maximum absolute atomic E-state index is 2.56. The van der Waals surface area contributed by atoms with Crippen LogP contribution in [0.1, 0.15) is 66.3 Å². The third-order valence-corrected chi connectivity index (χ3v) is 16.1. The van der Waals surface area contributed by atoms with Crippen molar-refractivity contribution in [1.82, 2.24) is 0 Å². The standard InChI is InChI=1S/C65H53N/c1-5-18-48(19-6-1)55-26-13-14-27-57(55)58-28-15-16-31-62(58)66(53-34-32-50(33-35-53)64-42-45-38-46(43-64)40-47(39-45)44-64)54-36-37-59-61(41-54)65(51-22-9-3-10-23-51,52-24-11-4-12-25-52)60-30-17-29-56(63(59)60)49-20-7-2-8-21-49/h1-37,41,45-47H,38-40,42-44H2. The molecule has 318 valence electrons. The van der Waals surface area contributed by atoms with E-state index in [1.54, 1.807) is 5.56 Å². The van der Waals surface area contributed by atoms with Crippen LogP contribution >= 0.6 is 0 Å². The van der Waals surface area contributed by atoms with Crippen LogP contribution in [0.4, 0.5) is 17.1 Å². The molecule has 9 aromatic carbocycles. The molecule has 66 heavy (non-hydrogen) atoms. The smallest absolute Gasteiger partial charge is 0.0714 e. The first kappa shape index (κ1) is 39.2. The SMILES string of the molecule is c1ccc(-c2ccccc2-c2ccccc2N(c2ccc(C34CC5CC(CC(C5)C3)C4)cc2)c2ccc3c(c2)C(c2ccccc2)(c2ccccc2)c2cccc(-c4ccccc4)c2-3)cc1. The van der Waals surface area contributed by atoms with Gasteiger partial charge < -0.3 is 4.90 Å². The Hall–Kier alpha value is -7.22. The van der Waals surface area contributed by atoms with Crippen LogP contribution in [0.3, 0.4) is 0 Å². The Kier molecular flexibility index (Phi) is 9.34. The van der Waals surface area contributed by atoms with Crippen LogP contribution in [0.25, 0.3) is 44.5 Å². The monoisotopic (exact) mass is 847 g/mol. The van der Waals surface area contributed by atoms with Gasteiger partial charge in [-0.05, 0) is 159 Å².